The van der Waals surface area contributed by atoms with Gasteiger partial charge in [-0.25, -0.2) is 9.59 Å². The van der Waals surface area contributed by atoms with E-state index in [0.717, 1.165) is 31.2 Å². The van der Waals surface area contributed by atoms with Gasteiger partial charge in [-0.15, -0.1) is 0 Å². The van der Waals surface area contributed by atoms with E-state index in [0.29, 0.717) is 26.1 Å². The van der Waals surface area contributed by atoms with E-state index in [2.05, 4.69) is 0 Å². The van der Waals surface area contributed by atoms with Crippen LogP contribution in [0.1, 0.15) is 64.9 Å². The van der Waals surface area contributed by atoms with Crippen LogP contribution in [0.4, 0.5) is 4.79 Å². The van der Waals surface area contributed by atoms with Crippen LogP contribution in [0, 0.1) is 5.92 Å². The number of carbonyl (C=O) groups is 3. The molecule has 1 atom stereocenters. The molecule has 7 heteroatoms. The van der Waals surface area contributed by atoms with Crippen LogP contribution in [-0.4, -0.2) is 59.0 Å². The number of benzene rings is 1. The van der Waals surface area contributed by atoms with Crippen LogP contribution in [0.15, 0.2) is 30.3 Å². The largest absolute Gasteiger partial charge is 0.459 e. The highest BCUT2D eigenvalue weighted by Gasteiger charge is 2.39. The molecule has 1 aliphatic carbocycles. The monoisotopic (exact) mass is 444 g/mol. The highest BCUT2D eigenvalue weighted by atomic mass is 16.6. The van der Waals surface area contributed by atoms with E-state index in [9.17, 15) is 14.4 Å². The average Bonchev–Trinajstić information content (AvgIpc) is 3.25. The van der Waals surface area contributed by atoms with Gasteiger partial charge in [0.05, 0.1) is 0 Å². The van der Waals surface area contributed by atoms with E-state index in [4.69, 9.17) is 9.47 Å². The van der Waals surface area contributed by atoms with Gasteiger partial charge in [0.15, 0.2) is 0 Å². The summed E-state index contributed by atoms with van der Waals surface area (Å²) < 4.78 is 11.1. The van der Waals surface area contributed by atoms with Crippen molar-refractivity contribution in [2.75, 3.05) is 19.6 Å². The van der Waals surface area contributed by atoms with Gasteiger partial charge in [0.25, 0.3) is 0 Å². The van der Waals surface area contributed by atoms with Crippen molar-refractivity contribution in [3.05, 3.63) is 35.9 Å². The molecule has 0 spiro atoms. The van der Waals surface area contributed by atoms with Gasteiger partial charge in [0.1, 0.15) is 18.2 Å². The molecule has 7 nitrogen and oxygen atoms in total. The summed E-state index contributed by atoms with van der Waals surface area (Å²) in [6.45, 7) is 6.91. The third-order valence-electron chi connectivity index (χ3n) is 6.04. The Hall–Kier alpha value is -2.57. The molecule has 0 aromatic heterocycles. The van der Waals surface area contributed by atoms with Gasteiger partial charge in [0, 0.05) is 26.1 Å². The Kier molecular flexibility index (Phi) is 8.15. The van der Waals surface area contributed by atoms with Crippen molar-refractivity contribution in [1.82, 2.24) is 9.80 Å². The Bertz CT molecular complexity index is 783. The van der Waals surface area contributed by atoms with Gasteiger partial charge >= 0.3 is 12.1 Å². The van der Waals surface area contributed by atoms with Crippen molar-refractivity contribution in [2.45, 2.75) is 77.5 Å². The molecule has 1 saturated heterocycles. The van der Waals surface area contributed by atoms with E-state index >= 15 is 0 Å². The predicted molar refractivity (Wildman–Crippen MR) is 121 cm³/mol. The Morgan fingerprint density at radius 3 is 2.38 bits per heavy atom. The molecule has 1 saturated carbocycles. The number of rotatable bonds is 5. The maximum atomic E-state index is 13.2. The second-order valence-electron chi connectivity index (χ2n) is 9.74. The molecular formula is C25H36N2O5. The highest BCUT2D eigenvalue weighted by Crippen LogP contribution is 2.32. The maximum absolute atomic E-state index is 13.2. The number of carbonyl (C=O) groups excluding carboxylic acids is 3. The lowest BCUT2D eigenvalue weighted by Crippen LogP contribution is -2.52. The van der Waals surface area contributed by atoms with Gasteiger partial charge in [-0.2, -0.15) is 0 Å². The zero-order valence-electron chi connectivity index (χ0n) is 19.5. The first-order valence-corrected chi connectivity index (χ1v) is 11.7. The fourth-order valence-electron chi connectivity index (χ4n) is 4.51. The number of amides is 2. The lowest BCUT2D eigenvalue weighted by molar-refractivity contribution is -0.159. The van der Waals surface area contributed by atoms with Gasteiger partial charge < -0.3 is 19.3 Å². The van der Waals surface area contributed by atoms with Crippen molar-refractivity contribution >= 4 is 18.0 Å². The molecule has 1 aromatic carbocycles. The van der Waals surface area contributed by atoms with E-state index in [-0.39, 0.29) is 30.8 Å². The number of ether oxygens (including phenoxy) is 2. The quantitative estimate of drug-likeness (QED) is 0.638. The van der Waals surface area contributed by atoms with E-state index < -0.39 is 17.7 Å². The van der Waals surface area contributed by atoms with Gasteiger partial charge in [-0.3, -0.25) is 4.79 Å². The van der Waals surface area contributed by atoms with Gasteiger partial charge in [0.2, 0.25) is 5.91 Å². The molecule has 2 fully saturated rings. The summed E-state index contributed by atoms with van der Waals surface area (Å²) >= 11 is 0. The molecule has 1 heterocycles. The van der Waals surface area contributed by atoms with Crippen LogP contribution >= 0.6 is 0 Å². The topological polar surface area (TPSA) is 76.2 Å². The lowest BCUT2D eigenvalue weighted by Gasteiger charge is -2.37. The van der Waals surface area contributed by atoms with Crippen LogP contribution in [0.5, 0.6) is 0 Å². The molecule has 0 unspecified atom stereocenters. The number of hydrogen-bond donors (Lipinski definition) is 0. The van der Waals surface area contributed by atoms with E-state index in [1.54, 1.807) is 9.80 Å². The molecule has 2 aliphatic rings. The van der Waals surface area contributed by atoms with Crippen molar-refractivity contribution in [2.24, 2.45) is 5.92 Å². The summed E-state index contributed by atoms with van der Waals surface area (Å²) in [5.41, 5.74) is 0.351. The van der Waals surface area contributed by atoms with Crippen LogP contribution < -0.4 is 0 Å². The fraction of sp³-hybridized carbons (Fsp3) is 0.640. The molecular weight excluding hydrogens is 408 g/mol. The SMILES string of the molecule is CC(C)(C)OC(=O)N1CCCN([C@H](C(=O)OCc2ccccc2)C2CCCC2)C(=O)CC1. The lowest BCUT2D eigenvalue weighted by atomic mass is 9.95. The molecule has 0 N–H and O–H groups in total. The number of nitrogens with zero attached hydrogens (tertiary/aromatic N) is 2. The first-order chi connectivity index (χ1) is 15.2. The first-order valence-electron chi connectivity index (χ1n) is 11.7. The van der Waals surface area contributed by atoms with Crippen molar-refractivity contribution < 1.29 is 23.9 Å². The molecule has 176 valence electrons. The summed E-state index contributed by atoms with van der Waals surface area (Å²) in [5, 5.41) is 0. The van der Waals surface area contributed by atoms with Gasteiger partial charge in [-0.1, -0.05) is 43.2 Å². The number of esters is 1. The second-order valence-corrected chi connectivity index (χ2v) is 9.74. The van der Waals surface area contributed by atoms with Crippen LogP contribution in [0.2, 0.25) is 0 Å². The normalized spacial score (nSPS) is 19.3. The Morgan fingerprint density at radius 1 is 1.03 bits per heavy atom. The van der Waals surface area contributed by atoms with Crippen molar-refractivity contribution in [3.63, 3.8) is 0 Å². The minimum Gasteiger partial charge on any atom is -0.459 e. The van der Waals surface area contributed by atoms with Crippen LogP contribution in [-0.2, 0) is 25.7 Å². The smallest absolute Gasteiger partial charge is 0.410 e. The Labute approximate surface area is 191 Å². The first kappa shape index (κ1) is 24.1. The number of hydrogen-bond acceptors (Lipinski definition) is 5. The summed E-state index contributed by atoms with van der Waals surface area (Å²) in [6, 6.07) is 9.04. The fourth-order valence-corrected chi connectivity index (χ4v) is 4.51. The molecule has 2 amide bonds. The predicted octanol–water partition coefficient (Wildman–Crippen LogP) is 4.15. The Balaban J connectivity index is 1.66. The van der Waals surface area contributed by atoms with Crippen molar-refractivity contribution in [1.29, 1.82) is 0 Å². The summed E-state index contributed by atoms with van der Waals surface area (Å²) in [6.07, 6.45) is 4.38. The van der Waals surface area contributed by atoms with Crippen LogP contribution in [0.25, 0.3) is 0 Å². The summed E-state index contributed by atoms with van der Waals surface area (Å²) in [7, 11) is 0. The molecule has 0 bridgehead atoms. The third-order valence-corrected chi connectivity index (χ3v) is 6.04. The minimum absolute atomic E-state index is 0.105. The molecule has 0 radical (unpaired) electrons. The average molecular weight is 445 g/mol. The van der Waals surface area contributed by atoms with Crippen molar-refractivity contribution in [3.8, 4) is 0 Å². The van der Waals surface area contributed by atoms with Gasteiger partial charge in [-0.05, 0) is 51.5 Å². The third kappa shape index (κ3) is 6.71. The highest BCUT2D eigenvalue weighted by molar-refractivity contribution is 5.85. The second kappa shape index (κ2) is 10.8. The zero-order valence-corrected chi connectivity index (χ0v) is 19.5. The maximum Gasteiger partial charge on any atom is 0.410 e. The Morgan fingerprint density at radius 2 is 1.72 bits per heavy atom. The van der Waals surface area contributed by atoms with Crippen LogP contribution in [0.3, 0.4) is 0 Å². The van der Waals surface area contributed by atoms with E-state index in [1.807, 2.05) is 51.1 Å². The standard InChI is InChI=1S/C25H36N2O5/c1-25(2,3)32-24(30)26-15-9-16-27(21(28)14-17-26)22(20-12-7-8-13-20)23(29)31-18-19-10-5-4-6-11-19/h4-6,10-11,20,22H,7-9,12-18H2,1-3H3/t22-/m0/s1. The molecule has 1 aliphatic heterocycles. The minimum atomic E-state index is -0.578. The zero-order chi connectivity index (χ0) is 23.1. The molecule has 1 aromatic rings. The summed E-state index contributed by atoms with van der Waals surface area (Å²) in [4.78, 5) is 42.1. The summed E-state index contributed by atoms with van der Waals surface area (Å²) in [5.74, 6) is -0.297. The molecule has 3 rings (SSSR count). The van der Waals surface area contributed by atoms with E-state index in [1.165, 1.54) is 0 Å². The molecule has 32 heavy (non-hydrogen) atoms.